The molecule has 0 amide bonds. The monoisotopic (exact) mass is 552 g/mol. The molecular formula is C29H29ClN2O5S. The first-order chi connectivity index (χ1) is 18.3. The third-order valence-electron chi connectivity index (χ3n) is 6.68. The lowest BCUT2D eigenvalue weighted by Gasteiger charge is -2.19. The number of likely N-dealkylation sites (tertiary alicyclic amines) is 1. The van der Waals surface area contributed by atoms with Crippen molar-refractivity contribution < 1.29 is 22.6 Å². The average molecular weight is 553 g/mol. The number of hydrogen-bond acceptors (Lipinski definition) is 6. The van der Waals surface area contributed by atoms with Crippen LogP contribution in [0.4, 0.5) is 5.69 Å². The van der Waals surface area contributed by atoms with Crippen LogP contribution in [0.1, 0.15) is 6.42 Å². The summed E-state index contributed by atoms with van der Waals surface area (Å²) in [4.78, 5) is 2.23. The highest BCUT2D eigenvalue weighted by Crippen LogP contribution is 2.41. The zero-order valence-corrected chi connectivity index (χ0v) is 23.0. The van der Waals surface area contributed by atoms with Crippen molar-refractivity contribution in [2.75, 3.05) is 39.1 Å². The summed E-state index contributed by atoms with van der Waals surface area (Å²) in [5.41, 5.74) is 1.59. The van der Waals surface area contributed by atoms with Gasteiger partial charge in [-0.1, -0.05) is 54.1 Å². The number of likely N-dealkylation sites (N-methyl/N-ethyl adjacent to an activating group) is 1. The number of fused-ring (bicyclic) bond motifs is 1. The molecule has 0 radical (unpaired) electrons. The first-order valence-electron chi connectivity index (χ1n) is 12.2. The number of nitrogens with zero attached hydrogens (tertiary/aromatic N) is 1. The normalized spacial score (nSPS) is 15.9. The molecule has 4 aromatic carbocycles. The molecule has 5 rings (SSSR count). The van der Waals surface area contributed by atoms with Crippen LogP contribution in [-0.2, 0) is 10.0 Å². The van der Waals surface area contributed by atoms with Crippen LogP contribution in [-0.4, -0.2) is 53.8 Å². The molecule has 1 aliphatic rings. The Morgan fingerprint density at radius 3 is 2.37 bits per heavy atom. The molecule has 0 aromatic heterocycles. The van der Waals surface area contributed by atoms with Crippen molar-refractivity contribution in [3.8, 4) is 28.4 Å². The van der Waals surface area contributed by atoms with Crippen LogP contribution in [0.3, 0.4) is 0 Å². The van der Waals surface area contributed by atoms with Crippen molar-refractivity contribution in [3.05, 3.63) is 77.8 Å². The number of anilines is 1. The standard InChI is InChI=1S/C29H29ClN2O5S/c1-32-14-13-21(18-32)37-26-15-20(11-12-25(26)30)31-38(33,34)29-17-28(36-3)27(35-2)16-24(29)23-10-6-8-19-7-4-5-9-22(19)23/h4-12,15-17,21,31H,13-14,18H2,1-3H3/t21-/m1/s1. The Balaban J connectivity index is 1.58. The van der Waals surface area contributed by atoms with Crippen molar-refractivity contribution in [1.29, 1.82) is 0 Å². The van der Waals surface area contributed by atoms with Crippen LogP contribution in [0.15, 0.2) is 77.7 Å². The minimum atomic E-state index is -4.08. The van der Waals surface area contributed by atoms with E-state index in [9.17, 15) is 8.42 Å². The predicted molar refractivity (Wildman–Crippen MR) is 151 cm³/mol. The van der Waals surface area contributed by atoms with Crippen LogP contribution >= 0.6 is 11.6 Å². The molecule has 4 aromatic rings. The third kappa shape index (κ3) is 5.25. The lowest BCUT2D eigenvalue weighted by atomic mass is 9.98. The number of hydrogen-bond donors (Lipinski definition) is 1. The number of rotatable bonds is 8. The number of nitrogens with one attached hydrogen (secondary N) is 1. The molecule has 9 heteroatoms. The van der Waals surface area contributed by atoms with Crippen molar-refractivity contribution in [1.82, 2.24) is 4.90 Å². The molecule has 1 aliphatic heterocycles. The van der Waals surface area contributed by atoms with Crippen molar-refractivity contribution in [3.63, 3.8) is 0 Å². The zero-order valence-electron chi connectivity index (χ0n) is 21.4. The average Bonchev–Trinajstić information content (AvgIpc) is 3.33. The molecule has 0 saturated carbocycles. The lowest BCUT2D eigenvalue weighted by Crippen LogP contribution is -2.21. The molecule has 38 heavy (non-hydrogen) atoms. The molecule has 0 aliphatic carbocycles. The van der Waals surface area contributed by atoms with Crippen LogP contribution in [0.25, 0.3) is 21.9 Å². The van der Waals surface area contributed by atoms with Gasteiger partial charge in [0.25, 0.3) is 10.0 Å². The Hall–Kier alpha value is -3.46. The van der Waals surface area contributed by atoms with Gasteiger partial charge < -0.3 is 19.1 Å². The molecule has 0 bridgehead atoms. The Bertz CT molecular complexity index is 1590. The van der Waals surface area contributed by atoms with Gasteiger partial charge in [0, 0.05) is 30.8 Å². The second-order valence-electron chi connectivity index (χ2n) is 9.27. The summed E-state index contributed by atoms with van der Waals surface area (Å²) in [5, 5.41) is 2.33. The van der Waals surface area contributed by atoms with Crippen LogP contribution in [0.5, 0.6) is 17.2 Å². The minimum Gasteiger partial charge on any atom is -0.493 e. The first kappa shape index (κ1) is 26.2. The van der Waals surface area contributed by atoms with Crippen molar-refractivity contribution >= 4 is 38.1 Å². The predicted octanol–water partition coefficient (Wildman–Crippen LogP) is 6.06. The van der Waals surface area contributed by atoms with Gasteiger partial charge in [-0.3, -0.25) is 4.72 Å². The van der Waals surface area contributed by atoms with Crippen molar-refractivity contribution in [2.24, 2.45) is 0 Å². The summed E-state index contributed by atoms with van der Waals surface area (Å²) in [5.74, 6) is 1.18. The summed E-state index contributed by atoms with van der Waals surface area (Å²) in [7, 11) is 0.955. The summed E-state index contributed by atoms with van der Waals surface area (Å²) in [6, 6.07) is 21.7. The highest BCUT2D eigenvalue weighted by Gasteiger charge is 2.26. The Morgan fingerprint density at radius 1 is 0.895 bits per heavy atom. The number of methoxy groups -OCH3 is 2. The van der Waals surface area contributed by atoms with Gasteiger partial charge in [-0.05, 0) is 48.0 Å². The maximum atomic E-state index is 13.9. The highest BCUT2D eigenvalue weighted by molar-refractivity contribution is 7.92. The van der Waals surface area contributed by atoms with E-state index in [2.05, 4.69) is 9.62 Å². The van der Waals surface area contributed by atoms with Gasteiger partial charge in [0.2, 0.25) is 0 Å². The van der Waals surface area contributed by atoms with Crippen LogP contribution in [0, 0.1) is 0 Å². The van der Waals surface area contributed by atoms with E-state index < -0.39 is 10.0 Å². The largest absolute Gasteiger partial charge is 0.493 e. The summed E-state index contributed by atoms with van der Waals surface area (Å²) < 4.78 is 47.6. The maximum Gasteiger partial charge on any atom is 0.262 e. The van der Waals surface area contributed by atoms with E-state index in [4.69, 9.17) is 25.8 Å². The Morgan fingerprint density at radius 2 is 1.63 bits per heavy atom. The van der Waals surface area contributed by atoms with E-state index >= 15 is 0 Å². The summed E-state index contributed by atoms with van der Waals surface area (Å²) in [6.45, 7) is 1.72. The molecule has 0 spiro atoms. The van der Waals surface area contributed by atoms with E-state index in [-0.39, 0.29) is 11.0 Å². The Labute approximate surface area is 227 Å². The van der Waals surface area contributed by atoms with Crippen LogP contribution < -0.4 is 18.9 Å². The molecular weight excluding hydrogens is 524 g/mol. The molecule has 1 atom stereocenters. The molecule has 1 N–H and O–H groups in total. The number of sulfonamides is 1. The van der Waals surface area contributed by atoms with Gasteiger partial charge in [-0.25, -0.2) is 8.42 Å². The topological polar surface area (TPSA) is 77.1 Å². The second-order valence-corrected chi connectivity index (χ2v) is 11.3. The fourth-order valence-electron chi connectivity index (χ4n) is 4.79. The number of benzene rings is 4. The van der Waals surface area contributed by atoms with Crippen molar-refractivity contribution in [2.45, 2.75) is 17.4 Å². The zero-order chi connectivity index (χ0) is 26.9. The number of halogens is 1. The van der Waals surface area contributed by atoms with E-state index in [1.165, 1.54) is 20.3 Å². The quantitative estimate of drug-likeness (QED) is 0.286. The Kier molecular flexibility index (Phi) is 7.38. The fourth-order valence-corrected chi connectivity index (χ4v) is 6.22. The van der Waals surface area contributed by atoms with Crippen LogP contribution in [0.2, 0.25) is 5.02 Å². The van der Waals surface area contributed by atoms with E-state index in [0.717, 1.165) is 35.8 Å². The molecule has 1 heterocycles. The van der Waals surface area contributed by atoms with Gasteiger partial charge in [-0.15, -0.1) is 0 Å². The summed E-state index contributed by atoms with van der Waals surface area (Å²) in [6.07, 6.45) is 0.871. The van der Waals surface area contributed by atoms with Gasteiger partial charge in [-0.2, -0.15) is 0 Å². The number of ether oxygens (including phenoxy) is 3. The molecule has 0 unspecified atom stereocenters. The third-order valence-corrected chi connectivity index (χ3v) is 8.41. The first-order valence-corrected chi connectivity index (χ1v) is 14.1. The fraction of sp³-hybridized carbons (Fsp3) is 0.241. The lowest BCUT2D eigenvalue weighted by molar-refractivity contribution is 0.208. The van der Waals surface area contributed by atoms with Gasteiger partial charge in [0.1, 0.15) is 11.9 Å². The molecule has 7 nitrogen and oxygen atoms in total. The smallest absolute Gasteiger partial charge is 0.262 e. The van der Waals surface area contributed by atoms with Gasteiger partial charge in [0.15, 0.2) is 11.5 Å². The van der Waals surface area contributed by atoms with E-state index in [1.807, 2.05) is 49.5 Å². The minimum absolute atomic E-state index is 0.00632. The molecule has 198 valence electrons. The molecule has 1 saturated heterocycles. The SMILES string of the molecule is COc1cc(-c2cccc3ccccc23)c(S(=O)(=O)Nc2ccc(Cl)c(O[C@@H]3CCN(C)C3)c2)cc1OC. The van der Waals surface area contributed by atoms with Gasteiger partial charge >= 0.3 is 0 Å². The maximum absolute atomic E-state index is 13.9. The second kappa shape index (κ2) is 10.7. The van der Waals surface area contributed by atoms with E-state index in [1.54, 1.807) is 24.3 Å². The molecule has 1 fully saturated rings. The van der Waals surface area contributed by atoms with E-state index in [0.29, 0.717) is 33.5 Å². The highest BCUT2D eigenvalue weighted by atomic mass is 35.5. The summed E-state index contributed by atoms with van der Waals surface area (Å²) >= 11 is 6.39. The van der Waals surface area contributed by atoms with Gasteiger partial charge in [0.05, 0.1) is 29.8 Å².